The first-order valence-corrected chi connectivity index (χ1v) is 5.87. The molecule has 0 saturated carbocycles. The predicted molar refractivity (Wildman–Crippen MR) is 64.7 cm³/mol. The number of alkyl halides is 1. The minimum absolute atomic E-state index is 0.0489. The van der Waals surface area contributed by atoms with Crippen molar-refractivity contribution in [3.63, 3.8) is 0 Å². The van der Waals surface area contributed by atoms with Gasteiger partial charge in [-0.1, -0.05) is 0 Å². The lowest BCUT2D eigenvalue weighted by molar-refractivity contribution is -0.000773. The number of nitrogens with one attached hydrogen (secondary N) is 1. The zero-order valence-corrected chi connectivity index (χ0v) is 11.1. The number of ether oxygens (including phenoxy) is 2. The van der Waals surface area contributed by atoms with Crippen molar-refractivity contribution in [2.24, 2.45) is 0 Å². The first-order chi connectivity index (χ1) is 6.95. The van der Waals surface area contributed by atoms with E-state index in [0.29, 0.717) is 6.61 Å². The second kappa shape index (κ2) is 8.34. The Bertz CT molecular complexity index is 148. The molecule has 0 bridgehead atoms. The largest absolute Gasteiger partial charge is 0.383 e. The molecule has 0 saturated heterocycles. The smallest absolute Gasteiger partial charge is 0.0626 e. The van der Waals surface area contributed by atoms with Crippen molar-refractivity contribution >= 4 is 11.6 Å². The maximum atomic E-state index is 5.97. The van der Waals surface area contributed by atoms with Crippen molar-refractivity contribution in [1.29, 1.82) is 0 Å². The second-order valence-corrected chi connectivity index (χ2v) is 5.17. The number of hydrogen-bond acceptors (Lipinski definition) is 3. The van der Waals surface area contributed by atoms with Crippen LogP contribution in [0.15, 0.2) is 0 Å². The van der Waals surface area contributed by atoms with Gasteiger partial charge in [-0.25, -0.2) is 0 Å². The molecular weight excluding hydrogens is 214 g/mol. The normalized spacial score (nSPS) is 14.2. The van der Waals surface area contributed by atoms with Gasteiger partial charge in [-0.2, -0.15) is 0 Å². The lowest BCUT2D eigenvalue weighted by Crippen LogP contribution is -2.28. The van der Waals surface area contributed by atoms with Gasteiger partial charge >= 0.3 is 0 Å². The minimum atomic E-state index is -0.0489. The average Bonchev–Trinajstić information content (AvgIpc) is 2.09. The summed E-state index contributed by atoms with van der Waals surface area (Å²) in [7, 11) is 1.67. The maximum Gasteiger partial charge on any atom is 0.0626 e. The van der Waals surface area contributed by atoms with E-state index in [2.05, 4.69) is 26.1 Å². The number of methoxy groups -OCH3 is 1. The zero-order valence-electron chi connectivity index (χ0n) is 10.3. The van der Waals surface area contributed by atoms with E-state index in [1.54, 1.807) is 7.11 Å². The standard InChI is InChI=1S/C11H24ClNO2/c1-11(2,3)15-8-7-13-6-5-10(12)9-14-4/h10,13H,5-9H2,1-4H3. The van der Waals surface area contributed by atoms with Crippen LogP contribution in [0.3, 0.4) is 0 Å². The van der Waals surface area contributed by atoms with Gasteiger partial charge in [0.1, 0.15) is 0 Å². The van der Waals surface area contributed by atoms with Crippen LogP contribution < -0.4 is 5.32 Å². The molecule has 0 fully saturated rings. The van der Waals surface area contributed by atoms with Gasteiger partial charge in [-0.15, -0.1) is 11.6 Å². The van der Waals surface area contributed by atoms with Crippen molar-refractivity contribution in [3.05, 3.63) is 0 Å². The fourth-order valence-electron chi connectivity index (χ4n) is 1.08. The van der Waals surface area contributed by atoms with Crippen LogP contribution in [0.5, 0.6) is 0 Å². The molecule has 1 atom stereocenters. The highest BCUT2D eigenvalue weighted by Crippen LogP contribution is 2.05. The van der Waals surface area contributed by atoms with Gasteiger partial charge in [-0.3, -0.25) is 0 Å². The summed E-state index contributed by atoms with van der Waals surface area (Å²) in [6.07, 6.45) is 0.922. The van der Waals surface area contributed by atoms with E-state index < -0.39 is 0 Å². The third kappa shape index (κ3) is 12.1. The first-order valence-electron chi connectivity index (χ1n) is 5.43. The van der Waals surface area contributed by atoms with E-state index in [1.807, 2.05) is 0 Å². The molecule has 1 N–H and O–H groups in total. The van der Waals surface area contributed by atoms with Gasteiger partial charge in [0.25, 0.3) is 0 Å². The van der Waals surface area contributed by atoms with E-state index >= 15 is 0 Å². The Morgan fingerprint density at radius 2 is 1.93 bits per heavy atom. The molecule has 0 amide bonds. The lowest BCUT2D eigenvalue weighted by atomic mass is 10.2. The van der Waals surface area contributed by atoms with E-state index in [0.717, 1.165) is 26.1 Å². The molecule has 0 aliphatic carbocycles. The predicted octanol–water partition coefficient (Wildman–Crippen LogP) is 2.04. The Kier molecular flexibility index (Phi) is 8.43. The van der Waals surface area contributed by atoms with Crippen LogP contribution in [0, 0.1) is 0 Å². The third-order valence-electron chi connectivity index (χ3n) is 1.80. The van der Waals surface area contributed by atoms with Crippen LogP contribution in [0.4, 0.5) is 0 Å². The average molecular weight is 238 g/mol. The summed E-state index contributed by atoms with van der Waals surface area (Å²) in [5.74, 6) is 0. The van der Waals surface area contributed by atoms with Crippen molar-refractivity contribution in [2.45, 2.75) is 38.2 Å². The molecular formula is C11H24ClNO2. The highest BCUT2D eigenvalue weighted by molar-refractivity contribution is 6.20. The quantitative estimate of drug-likeness (QED) is 0.518. The molecule has 92 valence electrons. The van der Waals surface area contributed by atoms with E-state index in [9.17, 15) is 0 Å². The van der Waals surface area contributed by atoms with E-state index in [1.165, 1.54) is 0 Å². The maximum absolute atomic E-state index is 5.97. The summed E-state index contributed by atoms with van der Waals surface area (Å²) in [6.45, 7) is 9.29. The monoisotopic (exact) mass is 237 g/mol. The van der Waals surface area contributed by atoms with Crippen molar-refractivity contribution in [3.8, 4) is 0 Å². The lowest BCUT2D eigenvalue weighted by Gasteiger charge is -2.19. The van der Waals surface area contributed by atoms with Gasteiger partial charge in [0.05, 0.1) is 24.2 Å². The summed E-state index contributed by atoms with van der Waals surface area (Å²) in [6, 6.07) is 0. The zero-order chi connectivity index (χ0) is 11.7. The SMILES string of the molecule is COCC(Cl)CCNCCOC(C)(C)C. The molecule has 0 aromatic rings. The third-order valence-corrected chi connectivity index (χ3v) is 2.14. The Balaban J connectivity index is 3.18. The van der Waals surface area contributed by atoms with Crippen LogP contribution in [-0.4, -0.2) is 44.4 Å². The number of hydrogen-bond donors (Lipinski definition) is 1. The van der Waals surface area contributed by atoms with Gasteiger partial charge in [-0.05, 0) is 33.7 Å². The molecule has 0 aliphatic heterocycles. The molecule has 15 heavy (non-hydrogen) atoms. The van der Waals surface area contributed by atoms with Gasteiger partial charge in [0, 0.05) is 13.7 Å². The number of halogens is 1. The topological polar surface area (TPSA) is 30.5 Å². The Labute approximate surface area is 98.5 Å². The van der Waals surface area contributed by atoms with Gasteiger partial charge < -0.3 is 14.8 Å². The van der Waals surface area contributed by atoms with Gasteiger partial charge in [0.2, 0.25) is 0 Å². The summed E-state index contributed by atoms with van der Waals surface area (Å²) in [4.78, 5) is 0. The second-order valence-electron chi connectivity index (χ2n) is 4.55. The molecule has 1 unspecified atom stereocenters. The minimum Gasteiger partial charge on any atom is -0.383 e. The molecule has 3 nitrogen and oxygen atoms in total. The summed E-state index contributed by atoms with van der Waals surface area (Å²) >= 11 is 5.97. The van der Waals surface area contributed by atoms with Crippen LogP contribution in [-0.2, 0) is 9.47 Å². The molecule has 0 aliphatic rings. The van der Waals surface area contributed by atoms with E-state index in [-0.39, 0.29) is 11.0 Å². The van der Waals surface area contributed by atoms with Crippen LogP contribution in [0.1, 0.15) is 27.2 Å². The first kappa shape index (κ1) is 15.2. The molecule has 0 aromatic carbocycles. The summed E-state index contributed by atoms with van der Waals surface area (Å²) in [5, 5.41) is 3.39. The fraction of sp³-hybridized carbons (Fsp3) is 1.00. The Hall–Kier alpha value is 0.170. The summed E-state index contributed by atoms with van der Waals surface area (Å²) in [5.41, 5.74) is -0.0489. The molecule has 0 spiro atoms. The highest BCUT2D eigenvalue weighted by atomic mass is 35.5. The molecule has 0 radical (unpaired) electrons. The molecule has 0 rings (SSSR count). The van der Waals surface area contributed by atoms with Crippen molar-refractivity contribution in [2.75, 3.05) is 33.4 Å². The Morgan fingerprint density at radius 3 is 2.47 bits per heavy atom. The molecule has 0 aromatic heterocycles. The number of rotatable bonds is 8. The Morgan fingerprint density at radius 1 is 1.27 bits per heavy atom. The van der Waals surface area contributed by atoms with Crippen molar-refractivity contribution in [1.82, 2.24) is 5.32 Å². The van der Waals surface area contributed by atoms with Crippen LogP contribution >= 0.6 is 11.6 Å². The molecule has 4 heteroatoms. The van der Waals surface area contributed by atoms with E-state index in [4.69, 9.17) is 21.1 Å². The van der Waals surface area contributed by atoms with Gasteiger partial charge in [0.15, 0.2) is 0 Å². The van der Waals surface area contributed by atoms with Crippen molar-refractivity contribution < 1.29 is 9.47 Å². The summed E-state index contributed by atoms with van der Waals surface area (Å²) < 4.78 is 10.5. The molecule has 0 heterocycles. The van der Waals surface area contributed by atoms with Crippen LogP contribution in [0.2, 0.25) is 0 Å². The fourth-order valence-corrected chi connectivity index (χ4v) is 1.31. The highest BCUT2D eigenvalue weighted by Gasteiger charge is 2.08. The van der Waals surface area contributed by atoms with Crippen LogP contribution in [0.25, 0.3) is 0 Å².